The van der Waals surface area contributed by atoms with Crippen LogP contribution in [0, 0.1) is 11.8 Å². The SMILES string of the molecule is CC(C)CCC[C@@H]1C[C@@H](OCC(C)C)CN1. The van der Waals surface area contributed by atoms with Crippen LogP contribution in [0.25, 0.3) is 0 Å². The lowest BCUT2D eigenvalue weighted by atomic mass is 10.0. The van der Waals surface area contributed by atoms with E-state index in [1.165, 1.54) is 25.7 Å². The summed E-state index contributed by atoms with van der Waals surface area (Å²) in [6.45, 7) is 11.0. The first-order valence-corrected chi connectivity index (χ1v) is 6.93. The zero-order valence-corrected chi connectivity index (χ0v) is 11.5. The Kier molecular flexibility index (Phi) is 6.37. The summed E-state index contributed by atoms with van der Waals surface area (Å²) in [5, 5.41) is 3.58. The van der Waals surface area contributed by atoms with Crippen molar-refractivity contribution in [2.75, 3.05) is 13.2 Å². The van der Waals surface area contributed by atoms with E-state index >= 15 is 0 Å². The first-order valence-electron chi connectivity index (χ1n) is 6.93. The molecule has 1 aliphatic rings. The van der Waals surface area contributed by atoms with E-state index in [1.54, 1.807) is 0 Å². The van der Waals surface area contributed by atoms with Gasteiger partial charge < -0.3 is 10.1 Å². The molecule has 0 aliphatic carbocycles. The molecular formula is C14H29NO. The highest BCUT2D eigenvalue weighted by molar-refractivity contribution is 4.82. The molecule has 0 amide bonds. The first-order chi connectivity index (χ1) is 7.58. The summed E-state index contributed by atoms with van der Waals surface area (Å²) >= 11 is 0. The number of hydrogen-bond acceptors (Lipinski definition) is 2. The van der Waals surface area contributed by atoms with Crippen LogP contribution in [-0.4, -0.2) is 25.3 Å². The Morgan fingerprint density at radius 1 is 1.19 bits per heavy atom. The van der Waals surface area contributed by atoms with Gasteiger partial charge in [0, 0.05) is 19.2 Å². The predicted molar refractivity (Wildman–Crippen MR) is 69.7 cm³/mol. The van der Waals surface area contributed by atoms with Gasteiger partial charge in [-0.25, -0.2) is 0 Å². The molecule has 0 bridgehead atoms. The summed E-state index contributed by atoms with van der Waals surface area (Å²) < 4.78 is 5.86. The molecular weight excluding hydrogens is 198 g/mol. The molecule has 1 rings (SSSR count). The van der Waals surface area contributed by atoms with Gasteiger partial charge in [0.25, 0.3) is 0 Å². The minimum Gasteiger partial charge on any atom is -0.377 e. The zero-order valence-electron chi connectivity index (χ0n) is 11.5. The van der Waals surface area contributed by atoms with Gasteiger partial charge in [0.15, 0.2) is 0 Å². The van der Waals surface area contributed by atoms with Gasteiger partial charge in [-0.2, -0.15) is 0 Å². The minimum atomic E-state index is 0.464. The standard InChI is InChI=1S/C14H29NO/c1-11(2)6-5-7-13-8-14(9-15-13)16-10-12(3)4/h11-15H,5-10H2,1-4H3/t13-,14-/m1/s1. The van der Waals surface area contributed by atoms with Gasteiger partial charge in [-0.15, -0.1) is 0 Å². The molecule has 1 fully saturated rings. The van der Waals surface area contributed by atoms with Crippen LogP contribution in [0.2, 0.25) is 0 Å². The molecule has 96 valence electrons. The summed E-state index contributed by atoms with van der Waals surface area (Å²) in [4.78, 5) is 0. The number of ether oxygens (including phenoxy) is 1. The molecule has 0 aromatic carbocycles. The van der Waals surface area contributed by atoms with Crippen LogP contribution in [0.5, 0.6) is 0 Å². The molecule has 0 spiro atoms. The van der Waals surface area contributed by atoms with E-state index in [4.69, 9.17) is 4.74 Å². The Labute approximate surface area is 101 Å². The third kappa shape index (κ3) is 5.86. The Morgan fingerprint density at radius 2 is 1.94 bits per heavy atom. The fourth-order valence-corrected chi connectivity index (χ4v) is 2.23. The molecule has 16 heavy (non-hydrogen) atoms. The average Bonchev–Trinajstić information content (AvgIpc) is 2.62. The van der Waals surface area contributed by atoms with Crippen LogP contribution in [0.3, 0.4) is 0 Å². The monoisotopic (exact) mass is 227 g/mol. The van der Waals surface area contributed by atoms with E-state index in [0.717, 1.165) is 19.1 Å². The van der Waals surface area contributed by atoms with E-state index in [1.807, 2.05) is 0 Å². The van der Waals surface area contributed by atoms with Crippen LogP contribution >= 0.6 is 0 Å². The molecule has 1 saturated heterocycles. The highest BCUT2D eigenvalue weighted by Gasteiger charge is 2.24. The van der Waals surface area contributed by atoms with Crippen LogP contribution < -0.4 is 5.32 Å². The van der Waals surface area contributed by atoms with Gasteiger partial charge >= 0.3 is 0 Å². The van der Waals surface area contributed by atoms with Gasteiger partial charge in [0.05, 0.1) is 6.10 Å². The van der Waals surface area contributed by atoms with E-state index in [2.05, 4.69) is 33.0 Å². The van der Waals surface area contributed by atoms with Crippen molar-refractivity contribution in [3.05, 3.63) is 0 Å². The minimum absolute atomic E-state index is 0.464. The lowest BCUT2D eigenvalue weighted by Gasteiger charge is -2.13. The van der Waals surface area contributed by atoms with E-state index < -0.39 is 0 Å². The maximum absolute atomic E-state index is 5.86. The first kappa shape index (κ1) is 14.0. The normalized spacial score (nSPS) is 25.9. The predicted octanol–water partition coefficient (Wildman–Crippen LogP) is 3.22. The van der Waals surface area contributed by atoms with Gasteiger partial charge in [-0.05, 0) is 24.7 Å². The highest BCUT2D eigenvalue weighted by atomic mass is 16.5. The molecule has 0 radical (unpaired) electrons. The maximum atomic E-state index is 5.86. The highest BCUT2D eigenvalue weighted by Crippen LogP contribution is 2.17. The molecule has 1 N–H and O–H groups in total. The van der Waals surface area contributed by atoms with Crippen molar-refractivity contribution >= 4 is 0 Å². The Hall–Kier alpha value is -0.0800. The van der Waals surface area contributed by atoms with Crippen LogP contribution in [-0.2, 0) is 4.74 Å². The van der Waals surface area contributed by atoms with Gasteiger partial charge in [0.2, 0.25) is 0 Å². The molecule has 0 aromatic rings. The van der Waals surface area contributed by atoms with Crippen LogP contribution in [0.15, 0.2) is 0 Å². The van der Waals surface area contributed by atoms with Crippen molar-refractivity contribution in [1.82, 2.24) is 5.32 Å². The second-order valence-corrected chi connectivity index (χ2v) is 6.01. The molecule has 1 heterocycles. The average molecular weight is 227 g/mol. The molecule has 0 aromatic heterocycles. The lowest BCUT2D eigenvalue weighted by molar-refractivity contribution is 0.0469. The second kappa shape index (κ2) is 7.29. The Bertz CT molecular complexity index is 180. The maximum Gasteiger partial charge on any atom is 0.0714 e. The Morgan fingerprint density at radius 3 is 2.56 bits per heavy atom. The number of nitrogens with one attached hydrogen (secondary N) is 1. The van der Waals surface area contributed by atoms with E-state index in [0.29, 0.717) is 18.1 Å². The molecule has 2 atom stereocenters. The van der Waals surface area contributed by atoms with Crippen molar-refractivity contribution < 1.29 is 4.74 Å². The number of hydrogen-bond donors (Lipinski definition) is 1. The molecule has 2 heteroatoms. The van der Waals surface area contributed by atoms with E-state index in [-0.39, 0.29) is 0 Å². The van der Waals surface area contributed by atoms with Crippen LogP contribution in [0.1, 0.15) is 53.4 Å². The lowest BCUT2D eigenvalue weighted by Crippen LogP contribution is -2.22. The third-order valence-corrected chi connectivity index (χ3v) is 3.18. The quantitative estimate of drug-likeness (QED) is 0.721. The fourth-order valence-electron chi connectivity index (χ4n) is 2.23. The molecule has 0 saturated carbocycles. The fraction of sp³-hybridized carbons (Fsp3) is 1.00. The van der Waals surface area contributed by atoms with Gasteiger partial charge in [-0.3, -0.25) is 0 Å². The van der Waals surface area contributed by atoms with E-state index in [9.17, 15) is 0 Å². The van der Waals surface area contributed by atoms with Gasteiger partial charge in [0.1, 0.15) is 0 Å². The molecule has 0 unspecified atom stereocenters. The van der Waals surface area contributed by atoms with Crippen molar-refractivity contribution in [3.8, 4) is 0 Å². The van der Waals surface area contributed by atoms with Crippen molar-refractivity contribution in [2.24, 2.45) is 11.8 Å². The van der Waals surface area contributed by atoms with Crippen molar-refractivity contribution in [1.29, 1.82) is 0 Å². The molecule has 1 aliphatic heterocycles. The van der Waals surface area contributed by atoms with Crippen molar-refractivity contribution in [3.63, 3.8) is 0 Å². The van der Waals surface area contributed by atoms with Gasteiger partial charge in [-0.1, -0.05) is 40.5 Å². The van der Waals surface area contributed by atoms with Crippen LogP contribution in [0.4, 0.5) is 0 Å². The topological polar surface area (TPSA) is 21.3 Å². The summed E-state index contributed by atoms with van der Waals surface area (Å²) in [6, 6.07) is 0.705. The Balaban J connectivity index is 2.05. The molecule has 2 nitrogen and oxygen atoms in total. The summed E-state index contributed by atoms with van der Waals surface area (Å²) in [7, 11) is 0. The summed E-state index contributed by atoms with van der Waals surface area (Å²) in [6.07, 6.45) is 5.71. The van der Waals surface area contributed by atoms with Crippen molar-refractivity contribution in [2.45, 2.75) is 65.5 Å². The summed E-state index contributed by atoms with van der Waals surface area (Å²) in [5.41, 5.74) is 0. The summed E-state index contributed by atoms with van der Waals surface area (Å²) in [5.74, 6) is 1.49. The smallest absolute Gasteiger partial charge is 0.0714 e. The number of rotatable bonds is 7. The zero-order chi connectivity index (χ0) is 12.0. The third-order valence-electron chi connectivity index (χ3n) is 3.18. The second-order valence-electron chi connectivity index (χ2n) is 6.01. The largest absolute Gasteiger partial charge is 0.377 e.